The molecular formula is C19H16S. The first-order chi connectivity index (χ1) is 9.93. The zero-order valence-electron chi connectivity index (χ0n) is 11.1. The van der Waals surface area contributed by atoms with E-state index in [4.69, 9.17) is 0 Å². The Labute approximate surface area is 122 Å². The normalized spacial score (nSPS) is 10.4. The number of rotatable bonds is 3. The summed E-state index contributed by atoms with van der Waals surface area (Å²) in [5.74, 6) is 0. The lowest BCUT2D eigenvalue weighted by Crippen LogP contribution is -1.85. The molecule has 0 aliphatic heterocycles. The third-order valence-corrected chi connectivity index (χ3v) is 5.12. The van der Waals surface area contributed by atoms with E-state index >= 15 is 0 Å². The van der Waals surface area contributed by atoms with Gasteiger partial charge in [0.2, 0.25) is 0 Å². The van der Waals surface area contributed by atoms with Gasteiger partial charge in [0, 0.05) is 9.79 Å². The molecule has 0 radical (unpaired) electrons. The van der Waals surface area contributed by atoms with Gasteiger partial charge in [0.25, 0.3) is 0 Å². The summed E-state index contributed by atoms with van der Waals surface area (Å²) >= 11 is 0. The number of hydrogen-bond donors (Lipinski definition) is 0. The van der Waals surface area contributed by atoms with Crippen molar-refractivity contribution in [3.05, 3.63) is 96.6 Å². The van der Waals surface area contributed by atoms with E-state index in [9.17, 15) is 0 Å². The molecule has 0 nitrogen and oxygen atoms in total. The first-order valence-electron chi connectivity index (χ1n) is 6.66. The third-order valence-electron chi connectivity index (χ3n) is 3.05. The highest BCUT2D eigenvalue weighted by Crippen LogP contribution is 2.35. The van der Waals surface area contributed by atoms with E-state index in [-0.39, 0.29) is 10.5 Å². The van der Waals surface area contributed by atoms with Crippen molar-refractivity contribution >= 4 is 15.9 Å². The Balaban J connectivity index is 2.12. The molecule has 1 heteroatoms. The van der Waals surface area contributed by atoms with Crippen LogP contribution in [0.25, 0.3) is 0 Å². The lowest BCUT2D eigenvalue weighted by atomic mass is 10.2. The molecule has 0 unspecified atom stereocenters. The standard InChI is InChI=1S/C19H16S/c1-4-10-17(11-5-1)16-20(18-12-6-2-7-13-18)19-14-8-3-9-15-19/h1-16H. The van der Waals surface area contributed by atoms with Crippen molar-refractivity contribution in [2.45, 2.75) is 9.79 Å². The summed E-state index contributed by atoms with van der Waals surface area (Å²) in [6, 6.07) is 31.9. The monoisotopic (exact) mass is 276 g/mol. The van der Waals surface area contributed by atoms with Gasteiger partial charge in [0.15, 0.2) is 0 Å². The van der Waals surface area contributed by atoms with Crippen LogP contribution in [0.1, 0.15) is 5.56 Å². The zero-order chi connectivity index (χ0) is 13.6. The molecular weight excluding hydrogens is 260 g/mol. The Morgan fingerprint density at radius 3 is 1.35 bits per heavy atom. The van der Waals surface area contributed by atoms with E-state index in [0.29, 0.717) is 0 Å². The van der Waals surface area contributed by atoms with Crippen LogP contribution < -0.4 is 0 Å². The second-order valence-corrected chi connectivity index (χ2v) is 6.35. The van der Waals surface area contributed by atoms with Crippen LogP contribution >= 0.6 is 10.5 Å². The van der Waals surface area contributed by atoms with Crippen LogP contribution in [0.3, 0.4) is 0 Å². The topological polar surface area (TPSA) is 0 Å². The maximum atomic E-state index is 2.35. The fraction of sp³-hybridized carbons (Fsp3) is 0. The van der Waals surface area contributed by atoms with E-state index in [1.807, 2.05) is 0 Å². The second kappa shape index (κ2) is 6.36. The molecule has 0 saturated carbocycles. The van der Waals surface area contributed by atoms with Crippen molar-refractivity contribution in [1.82, 2.24) is 0 Å². The molecule has 3 aromatic rings. The fourth-order valence-electron chi connectivity index (χ4n) is 2.07. The smallest absolute Gasteiger partial charge is 0.00622 e. The quantitative estimate of drug-likeness (QED) is 0.575. The minimum absolute atomic E-state index is 0.0272. The van der Waals surface area contributed by atoms with Crippen LogP contribution in [0.2, 0.25) is 0 Å². The summed E-state index contributed by atoms with van der Waals surface area (Å²) in [6.07, 6.45) is 0. The lowest BCUT2D eigenvalue weighted by molar-refractivity contribution is 1.40. The molecule has 0 aliphatic carbocycles. The van der Waals surface area contributed by atoms with Crippen molar-refractivity contribution in [2.75, 3.05) is 0 Å². The lowest BCUT2D eigenvalue weighted by Gasteiger charge is -2.10. The predicted octanol–water partition coefficient (Wildman–Crippen LogP) is 5.22. The summed E-state index contributed by atoms with van der Waals surface area (Å²) in [6.45, 7) is 0. The molecule has 98 valence electrons. The molecule has 0 saturated heterocycles. The minimum atomic E-state index is -0.0272. The predicted molar refractivity (Wildman–Crippen MR) is 88.6 cm³/mol. The zero-order valence-corrected chi connectivity index (χ0v) is 12.0. The molecule has 3 rings (SSSR count). The average Bonchev–Trinajstić information content (AvgIpc) is 2.55. The van der Waals surface area contributed by atoms with Gasteiger partial charge in [0.05, 0.1) is 0 Å². The van der Waals surface area contributed by atoms with Gasteiger partial charge in [-0.15, -0.1) is 10.5 Å². The first-order valence-corrected chi connectivity index (χ1v) is 7.95. The van der Waals surface area contributed by atoms with Crippen LogP contribution in [-0.2, 0) is 0 Å². The molecule has 0 fully saturated rings. The molecule has 0 aromatic heterocycles. The van der Waals surface area contributed by atoms with Gasteiger partial charge in [-0.25, -0.2) is 0 Å². The maximum Gasteiger partial charge on any atom is 0.00622 e. The van der Waals surface area contributed by atoms with Gasteiger partial charge in [-0.3, -0.25) is 0 Å². The van der Waals surface area contributed by atoms with Crippen molar-refractivity contribution in [3.8, 4) is 0 Å². The van der Waals surface area contributed by atoms with E-state index in [0.717, 1.165) is 0 Å². The Hall–Kier alpha value is -2.12. The van der Waals surface area contributed by atoms with Gasteiger partial charge in [0.1, 0.15) is 0 Å². The van der Waals surface area contributed by atoms with E-state index < -0.39 is 0 Å². The SMILES string of the molecule is C(c1ccccc1)=S(c1ccccc1)c1ccccc1. The molecule has 0 bridgehead atoms. The average molecular weight is 276 g/mol. The van der Waals surface area contributed by atoms with E-state index in [1.165, 1.54) is 15.4 Å². The highest BCUT2D eigenvalue weighted by atomic mass is 32.2. The van der Waals surface area contributed by atoms with Gasteiger partial charge >= 0.3 is 0 Å². The highest BCUT2D eigenvalue weighted by molar-refractivity contribution is 8.15. The van der Waals surface area contributed by atoms with Crippen LogP contribution in [0.15, 0.2) is 101 Å². The second-order valence-electron chi connectivity index (χ2n) is 4.49. The Kier molecular flexibility index (Phi) is 4.10. The van der Waals surface area contributed by atoms with E-state index in [1.54, 1.807) is 0 Å². The van der Waals surface area contributed by atoms with Crippen LogP contribution in [0.5, 0.6) is 0 Å². The third kappa shape index (κ3) is 3.06. The number of benzene rings is 3. The summed E-state index contributed by atoms with van der Waals surface area (Å²) in [7, 11) is -0.0272. The minimum Gasteiger partial charge on any atom is -0.123 e. The van der Waals surface area contributed by atoms with Crippen molar-refractivity contribution < 1.29 is 0 Å². The molecule has 0 amide bonds. The molecule has 3 aromatic carbocycles. The summed E-state index contributed by atoms with van der Waals surface area (Å²) in [4.78, 5) is 2.70. The van der Waals surface area contributed by atoms with Gasteiger partial charge in [-0.05, 0) is 35.2 Å². The van der Waals surface area contributed by atoms with E-state index in [2.05, 4.69) is 96.4 Å². The first kappa shape index (κ1) is 12.9. The van der Waals surface area contributed by atoms with Gasteiger partial charge < -0.3 is 0 Å². The van der Waals surface area contributed by atoms with Crippen molar-refractivity contribution in [3.63, 3.8) is 0 Å². The van der Waals surface area contributed by atoms with Crippen LogP contribution in [0, 0.1) is 0 Å². The molecule has 0 spiro atoms. The Bertz CT molecular complexity index is 644. The largest absolute Gasteiger partial charge is 0.123 e. The molecule has 0 aliphatic rings. The fourth-order valence-corrected chi connectivity index (χ4v) is 3.95. The summed E-state index contributed by atoms with van der Waals surface area (Å²) in [5.41, 5.74) is 1.27. The Morgan fingerprint density at radius 2 is 0.900 bits per heavy atom. The molecule has 0 atom stereocenters. The summed E-state index contributed by atoms with van der Waals surface area (Å²) < 4.78 is 0. The maximum absolute atomic E-state index is 2.35. The van der Waals surface area contributed by atoms with Crippen LogP contribution in [-0.4, -0.2) is 5.37 Å². The molecule has 0 N–H and O–H groups in total. The number of hydrogen-bond acceptors (Lipinski definition) is 0. The summed E-state index contributed by atoms with van der Waals surface area (Å²) in [5, 5.41) is 2.35. The van der Waals surface area contributed by atoms with Crippen molar-refractivity contribution in [1.29, 1.82) is 0 Å². The van der Waals surface area contributed by atoms with Crippen LogP contribution in [0.4, 0.5) is 0 Å². The highest BCUT2D eigenvalue weighted by Gasteiger charge is 2.02. The van der Waals surface area contributed by atoms with Crippen molar-refractivity contribution in [2.24, 2.45) is 0 Å². The van der Waals surface area contributed by atoms with Gasteiger partial charge in [-0.2, -0.15) is 0 Å². The molecule has 20 heavy (non-hydrogen) atoms. The Morgan fingerprint density at radius 1 is 0.500 bits per heavy atom. The molecule has 0 heterocycles. The van der Waals surface area contributed by atoms with Gasteiger partial charge in [-0.1, -0.05) is 66.7 Å².